The third kappa shape index (κ3) is 4.94. The Bertz CT molecular complexity index is 1080. The lowest BCUT2D eigenvalue weighted by molar-refractivity contribution is -0.123. The van der Waals surface area contributed by atoms with Crippen molar-refractivity contribution in [1.82, 2.24) is 19.8 Å². The van der Waals surface area contributed by atoms with Crippen molar-refractivity contribution in [2.75, 3.05) is 26.2 Å². The fourth-order valence-corrected chi connectivity index (χ4v) is 4.61. The predicted octanol–water partition coefficient (Wildman–Crippen LogP) is 4.67. The molecule has 5 nitrogen and oxygen atoms in total. The summed E-state index contributed by atoms with van der Waals surface area (Å²) in [7, 11) is 0. The molecule has 6 heteroatoms. The van der Waals surface area contributed by atoms with Crippen LogP contribution in [0.25, 0.3) is 11.0 Å². The molecule has 1 amide bonds. The fraction of sp³-hybridized carbons (Fsp3) is 0.440. The standard InChI is InChI=1S/C25H31ClN4O/c1-17-13-22-23(14-18(17)2)30(24(28-22)16-20-7-6-8-21(26)15-20)19(3)25(31)27-9-12-29-10-4-5-11-29/h6-8,13-15,19H,4-5,9-12,16H2,1-3H3,(H,27,31). The molecule has 4 rings (SSSR count). The monoisotopic (exact) mass is 438 g/mol. The number of halogens is 1. The first kappa shape index (κ1) is 21.8. The molecule has 1 aliphatic rings. The summed E-state index contributed by atoms with van der Waals surface area (Å²) in [6.45, 7) is 10.0. The Morgan fingerprint density at radius 3 is 2.65 bits per heavy atom. The van der Waals surface area contributed by atoms with Crippen LogP contribution >= 0.6 is 11.6 Å². The van der Waals surface area contributed by atoms with E-state index >= 15 is 0 Å². The highest BCUT2D eigenvalue weighted by Crippen LogP contribution is 2.26. The van der Waals surface area contributed by atoms with E-state index in [9.17, 15) is 4.79 Å². The normalized spacial score (nSPS) is 15.5. The molecule has 164 valence electrons. The summed E-state index contributed by atoms with van der Waals surface area (Å²) >= 11 is 6.20. The molecule has 1 N–H and O–H groups in total. The number of hydrogen-bond acceptors (Lipinski definition) is 3. The zero-order valence-corrected chi connectivity index (χ0v) is 19.4. The van der Waals surface area contributed by atoms with Gasteiger partial charge in [-0.3, -0.25) is 4.79 Å². The van der Waals surface area contributed by atoms with Crippen molar-refractivity contribution >= 4 is 28.5 Å². The summed E-state index contributed by atoms with van der Waals surface area (Å²) in [6.07, 6.45) is 3.15. The lowest BCUT2D eigenvalue weighted by Crippen LogP contribution is -2.37. The van der Waals surface area contributed by atoms with Gasteiger partial charge in [-0.1, -0.05) is 23.7 Å². The van der Waals surface area contributed by atoms with Gasteiger partial charge in [-0.2, -0.15) is 0 Å². The summed E-state index contributed by atoms with van der Waals surface area (Å²) in [5.74, 6) is 0.911. The first-order chi connectivity index (χ1) is 14.9. The number of likely N-dealkylation sites (tertiary alicyclic amines) is 1. The Balaban J connectivity index is 1.61. The Kier molecular flexibility index (Phi) is 6.63. The Morgan fingerprint density at radius 2 is 1.90 bits per heavy atom. The van der Waals surface area contributed by atoms with Crippen LogP contribution in [0.15, 0.2) is 36.4 Å². The van der Waals surface area contributed by atoms with Crippen LogP contribution in [0.2, 0.25) is 5.02 Å². The van der Waals surface area contributed by atoms with Crippen LogP contribution in [-0.2, 0) is 11.2 Å². The SMILES string of the molecule is Cc1cc2nc(Cc3cccc(Cl)c3)n(C(C)C(=O)NCCN3CCCC3)c2cc1C. The van der Waals surface area contributed by atoms with E-state index in [1.807, 2.05) is 31.2 Å². The zero-order chi connectivity index (χ0) is 22.0. The number of hydrogen-bond donors (Lipinski definition) is 1. The molecule has 0 saturated carbocycles. The number of carbonyl (C=O) groups is 1. The van der Waals surface area contributed by atoms with Gasteiger partial charge in [0.15, 0.2) is 0 Å². The van der Waals surface area contributed by atoms with E-state index in [0.717, 1.165) is 42.1 Å². The van der Waals surface area contributed by atoms with Gasteiger partial charge in [0.1, 0.15) is 11.9 Å². The predicted molar refractivity (Wildman–Crippen MR) is 127 cm³/mol. The van der Waals surface area contributed by atoms with Crippen molar-refractivity contribution in [2.24, 2.45) is 0 Å². The molecule has 1 unspecified atom stereocenters. The van der Waals surface area contributed by atoms with Crippen molar-refractivity contribution < 1.29 is 4.79 Å². The molecule has 0 bridgehead atoms. The van der Waals surface area contributed by atoms with Gasteiger partial charge in [0, 0.05) is 24.5 Å². The molecule has 0 radical (unpaired) electrons. The number of aromatic nitrogens is 2. The Labute approximate surface area is 189 Å². The van der Waals surface area contributed by atoms with E-state index in [0.29, 0.717) is 18.0 Å². The number of benzene rings is 2. The van der Waals surface area contributed by atoms with Crippen LogP contribution in [0.5, 0.6) is 0 Å². The number of rotatable bonds is 7. The second-order valence-electron chi connectivity index (χ2n) is 8.65. The minimum Gasteiger partial charge on any atom is -0.353 e. The van der Waals surface area contributed by atoms with E-state index in [4.69, 9.17) is 16.6 Å². The largest absolute Gasteiger partial charge is 0.353 e. The molecule has 0 aliphatic carbocycles. The minimum absolute atomic E-state index is 0.0315. The molecular weight excluding hydrogens is 408 g/mol. The summed E-state index contributed by atoms with van der Waals surface area (Å²) < 4.78 is 2.09. The molecule has 1 aromatic heterocycles. The van der Waals surface area contributed by atoms with Crippen molar-refractivity contribution in [3.8, 4) is 0 Å². The van der Waals surface area contributed by atoms with Gasteiger partial charge in [0.05, 0.1) is 11.0 Å². The third-order valence-electron chi connectivity index (χ3n) is 6.32. The molecule has 1 atom stereocenters. The summed E-state index contributed by atoms with van der Waals surface area (Å²) in [5.41, 5.74) is 5.41. The zero-order valence-electron chi connectivity index (χ0n) is 18.6. The molecule has 2 aromatic carbocycles. The summed E-state index contributed by atoms with van der Waals surface area (Å²) in [5, 5.41) is 3.85. The van der Waals surface area contributed by atoms with Crippen molar-refractivity contribution in [1.29, 1.82) is 0 Å². The fourth-order valence-electron chi connectivity index (χ4n) is 4.39. The first-order valence-electron chi connectivity index (χ1n) is 11.1. The topological polar surface area (TPSA) is 50.2 Å². The second kappa shape index (κ2) is 9.41. The maximum atomic E-state index is 13.1. The van der Waals surface area contributed by atoms with Gasteiger partial charge >= 0.3 is 0 Å². The highest BCUT2D eigenvalue weighted by molar-refractivity contribution is 6.30. The smallest absolute Gasteiger partial charge is 0.242 e. The lowest BCUT2D eigenvalue weighted by atomic mass is 10.1. The maximum absolute atomic E-state index is 13.1. The molecule has 3 aromatic rings. The number of nitrogens with one attached hydrogen (secondary N) is 1. The van der Waals surface area contributed by atoms with Gasteiger partial charge in [0.2, 0.25) is 5.91 Å². The number of amides is 1. The maximum Gasteiger partial charge on any atom is 0.242 e. The quantitative estimate of drug-likeness (QED) is 0.583. The summed E-state index contributed by atoms with van der Waals surface area (Å²) in [6, 6.07) is 11.7. The van der Waals surface area contributed by atoms with Gasteiger partial charge < -0.3 is 14.8 Å². The molecular formula is C25H31ClN4O. The van der Waals surface area contributed by atoms with E-state index in [-0.39, 0.29) is 11.9 Å². The molecule has 1 aliphatic heterocycles. The minimum atomic E-state index is -0.347. The molecule has 1 fully saturated rings. The summed E-state index contributed by atoms with van der Waals surface area (Å²) in [4.78, 5) is 20.4. The van der Waals surface area contributed by atoms with Crippen LogP contribution in [0.3, 0.4) is 0 Å². The van der Waals surface area contributed by atoms with Crippen LogP contribution in [0.1, 0.15) is 48.3 Å². The van der Waals surface area contributed by atoms with Crippen molar-refractivity contribution in [3.63, 3.8) is 0 Å². The van der Waals surface area contributed by atoms with E-state index in [2.05, 4.69) is 40.8 Å². The molecule has 31 heavy (non-hydrogen) atoms. The van der Waals surface area contributed by atoms with Crippen LogP contribution < -0.4 is 5.32 Å². The number of imidazole rings is 1. The van der Waals surface area contributed by atoms with Crippen molar-refractivity contribution in [2.45, 2.75) is 46.1 Å². The number of carbonyl (C=O) groups excluding carboxylic acids is 1. The average molecular weight is 439 g/mol. The van der Waals surface area contributed by atoms with Crippen LogP contribution in [0, 0.1) is 13.8 Å². The average Bonchev–Trinajstić information content (AvgIpc) is 3.36. The van der Waals surface area contributed by atoms with Crippen LogP contribution in [0.4, 0.5) is 0 Å². The number of aryl methyl sites for hydroxylation is 2. The van der Waals surface area contributed by atoms with Gasteiger partial charge in [-0.25, -0.2) is 4.98 Å². The van der Waals surface area contributed by atoms with Gasteiger partial charge in [-0.15, -0.1) is 0 Å². The molecule has 2 heterocycles. The van der Waals surface area contributed by atoms with E-state index in [1.165, 1.54) is 24.0 Å². The van der Waals surface area contributed by atoms with Gasteiger partial charge in [-0.05, 0) is 87.7 Å². The highest BCUT2D eigenvalue weighted by atomic mass is 35.5. The lowest BCUT2D eigenvalue weighted by Gasteiger charge is -2.20. The van der Waals surface area contributed by atoms with Gasteiger partial charge in [0.25, 0.3) is 0 Å². The van der Waals surface area contributed by atoms with E-state index in [1.54, 1.807) is 0 Å². The number of nitrogens with zero attached hydrogens (tertiary/aromatic N) is 3. The van der Waals surface area contributed by atoms with E-state index < -0.39 is 0 Å². The Hall–Kier alpha value is -2.37. The first-order valence-corrected chi connectivity index (χ1v) is 11.5. The third-order valence-corrected chi connectivity index (χ3v) is 6.56. The second-order valence-corrected chi connectivity index (χ2v) is 9.08. The number of fused-ring (bicyclic) bond motifs is 1. The molecule has 1 saturated heterocycles. The van der Waals surface area contributed by atoms with Crippen molar-refractivity contribution in [3.05, 3.63) is 63.9 Å². The van der Waals surface area contributed by atoms with Crippen LogP contribution in [-0.4, -0.2) is 46.5 Å². The Morgan fingerprint density at radius 1 is 1.16 bits per heavy atom. The highest BCUT2D eigenvalue weighted by Gasteiger charge is 2.22. The molecule has 0 spiro atoms.